The van der Waals surface area contributed by atoms with Crippen molar-refractivity contribution in [1.29, 1.82) is 0 Å². The average molecular weight is 504 g/mol. The minimum absolute atomic E-state index is 0.122. The number of aromatic amines is 1. The maximum atomic E-state index is 13.2. The number of nitrogens with one attached hydrogen (secondary N) is 4. The maximum absolute atomic E-state index is 13.2. The Hall–Kier alpha value is -3.27. The number of ether oxygens (including phenoxy) is 1. The molecule has 1 saturated carbocycles. The Balaban J connectivity index is 1.48. The number of carbonyl (C=O) groups is 4. The number of benzene rings is 1. The first-order valence-corrected chi connectivity index (χ1v) is 12.2. The third kappa shape index (κ3) is 5.87. The number of nitrogens with two attached hydrogens (primary N) is 1. The van der Waals surface area contributed by atoms with E-state index in [4.69, 9.17) is 22.1 Å². The second kappa shape index (κ2) is 10.6. The Morgan fingerprint density at radius 1 is 1.17 bits per heavy atom. The van der Waals surface area contributed by atoms with Crippen molar-refractivity contribution in [3.63, 3.8) is 0 Å². The third-order valence-electron chi connectivity index (χ3n) is 6.63. The number of methoxy groups -OCH3 is 1. The fourth-order valence-electron chi connectivity index (χ4n) is 4.48. The lowest BCUT2D eigenvalue weighted by Gasteiger charge is -2.27. The lowest BCUT2D eigenvalue weighted by atomic mass is 9.91. The van der Waals surface area contributed by atoms with Gasteiger partial charge in [0.15, 0.2) is 0 Å². The van der Waals surface area contributed by atoms with E-state index in [1.165, 1.54) is 7.11 Å². The molecular weight excluding hydrogens is 474 g/mol. The third-order valence-corrected chi connectivity index (χ3v) is 6.95. The van der Waals surface area contributed by atoms with E-state index in [-0.39, 0.29) is 18.0 Å². The number of amides is 4. The van der Waals surface area contributed by atoms with Gasteiger partial charge in [-0.1, -0.05) is 24.4 Å². The Morgan fingerprint density at radius 2 is 1.94 bits per heavy atom. The molecule has 4 rings (SSSR count). The van der Waals surface area contributed by atoms with Gasteiger partial charge in [0.1, 0.15) is 23.5 Å². The number of hydrogen-bond donors (Lipinski definition) is 5. The molecule has 2 fully saturated rings. The van der Waals surface area contributed by atoms with Crippen LogP contribution in [0.2, 0.25) is 5.02 Å². The van der Waals surface area contributed by atoms with Crippen LogP contribution in [-0.2, 0) is 14.4 Å². The molecule has 0 radical (unpaired) electrons. The quantitative estimate of drug-likeness (QED) is 0.333. The zero-order chi connectivity index (χ0) is 25.1. The molecule has 3 atom stereocenters. The van der Waals surface area contributed by atoms with E-state index in [9.17, 15) is 19.2 Å². The maximum Gasteiger partial charge on any atom is 0.268 e. The van der Waals surface area contributed by atoms with E-state index >= 15 is 0 Å². The lowest BCUT2D eigenvalue weighted by molar-refractivity contribution is -0.131. The number of halogens is 1. The van der Waals surface area contributed by atoms with Gasteiger partial charge in [-0.2, -0.15) is 0 Å². The molecule has 0 bridgehead atoms. The highest BCUT2D eigenvalue weighted by Gasteiger charge is 2.34. The summed E-state index contributed by atoms with van der Waals surface area (Å²) in [6.07, 6.45) is 3.94. The number of rotatable bonds is 10. The minimum Gasteiger partial charge on any atom is -0.496 e. The molecule has 4 amide bonds. The second-order valence-corrected chi connectivity index (χ2v) is 9.66. The summed E-state index contributed by atoms with van der Waals surface area (Å²) in [5.41, 5.74) is 6.32. The molecule has 188 valence electrons. The molecule has 1 aromatic heterocycles. The van der Waals surface area contributed by atoms with E-state index in [0.29, 0.717) is 47.0 Å². The van der Waals surface area contributed by atoms with Crippen molar-refractivity contribution >= 4 is 46.1 Å². The summed E-state index contributed by atoms with van der Waals surface area (Å²) in [6, 6.07) is 3.13. The summed E-state index contributed by atoms with van der Waals surface area (Å²) in [5.74, 6) is -1.37. The van der Waals surface area contributed by atoms with Gasteiger partial charge >= 0.3 is 0 Å². The van der Waals surface area contributed by atoms with Gasteiger partial charge in [-0.3, -0.25) is 19.2 Å². The van der Waals surface area contributed by atoms with Crippen molar-refractivity contribution in [1.82, 2.24) is 20.9 Å². The molecule has 3 unspecified atom stereocenters. The average Bonchev–Trinajstić information content (AvgIpc) is 3.53. The van der Waals surface area contributed by atoms with Crippen LogP contribution in [0.4, 0.5) is 0 Å². The van der Waals surface area contributed by atoms with Gasteiger partial charge in [0.2, 0.25) is 17.7 Å². The molecule has 6 N–H and O–H groups in total. The first-order chi connectivity index (χ1) is 16.8. The van der Waals surface area contributed by atoms with E-state index < -0.39 is 35.7 Å². The van der Waals surface area contributed by atoms with Crippen molar-refractivity contribution in [2.75, 3.05) is 13.7 Å². The van der Waals surface area contributed by atoms with Crippen LogP contribution in [-0.4, -0.2) is 54.4 Å². The number of H-pyrrole nitrogens is 1. The van der Waals surface area contributed by atoms with Gasteiger partial charge in [0.25, 0.3) is 5.91 Å². The highest BCUT2D eigenvalue weighted by Crippen LogP contribution is 2.34. The van der Waals surface area contributed by atoms with Crippen LogP contribution < -0.4 is 26.4 Å². The van der Waals surface area contributed by atoms with Crippen molar-refractivity contribution in [2.45, 2.75) is 50.6 Å². The molecule has 2 aliphatic rings. The normalized spacial score (nSPS) is 19.5. The molecule has 1 saturated heterocycles. The minimum atomic E-state index is -1.01. The lowest BCUT2D eigenvalue weighted by Crippen LogP contribution is -2.54. The topological polar surface area (TPSA) is 155 Å². The molecule has 0 spiro atoms. The zero-order valence-electron chi connectivity index (χ0n) is 19.5. The van der Waals surface area contributed by atoms with Gasteiger partial charge in [0.05, 0.1) is 17.6 Å². The summed E-state index contributed by atoms with van der Waals surface area (Å²) < 4.78 is 5.35. The fourth-order valence-corrected chi connectivity index (χ4v) is 4.69. The number of fused-ring (bicyclic) bond motifs is 1. The van der Waals surface area contributed by atoms with Gasteiger partial charge in [0, 0.05) is 17.8 Å². The summed E-state index contributed by atoms with van der Waals surface area (Å²) in [4.78, 5) is 53.4. The largest absolute Gasteiger partial charge is 0.496 e. The van der Waals surface area contributed by atoms with Crippen LogP contribution in [0.15, 0.2) is 18.2 Å². The van der Waals surface area contributed by atoms with E-state index in [1.54, 1.807) is 18.2 Å². The summed E-state index contributed by atoms with van der Waals surface area (Å²) in [5, 5.41) is 9.30. The molecule has 11 heteroatoms. The first kappa shape index (κ1) is 24.8. The second-order valence-electron chi connectivity index (χ2n) is 9.26. The van der Waals surface area contributed by atoms with Crippen molar-refractivity contribution in [3.8, 4) is 5.75 Å². The first-order valence-electron chi connectivity index (χ1n) is 11.8. The molecule has 2 aromatic rings. The van der Waals surface area contributed by atoms with Gasteiger partial charge < -0.3 is 31.4 Å². The molecular formula is C24H30ClN5O5. The Labute approximate surface area is 207 Å². The van der Waals surface area contributed by atoms with E-state index in [0.717, 1.165) is 19.3 Å². The molecule has 10 nitrogen and oxygen atoms in total. The molecule has 1 aliphatic heterocycles. The highest BCUT2D eigenvalue weighted by atomic mass is 35.5. The van der Waals surface area contributed by atoms with Gasteiger partial charge in [-0.05, 0) is 49.8 Å². The van der Waals surface area contributed by atoms with Crippen LogP contribution >= 0.6 is 11.6 Å². The highest BCUT2D eigenvalue weighted by molar-refractivity contribution is 6.35. The van der Waals surface area contributed by atoms with Crippen LogP contribution in [0, 0.1) is 11.8 Å². The summed E-state index contributed by atoms with van der Waals surface area (Å²) in [7, 11) is 1.53. The number of hydrogen-bond acceptors (Lipinski definition) is 5. The number of primary amides is 1. The molecule has 35 heavy (non-hydrogen) atoms. The molecule has 2 heterocycles. The van der Waals surface area contributed by atoms with Crippen molar-refractivity contribution in [3.05, 3.63) is 28.9 Å². The zero-order valence-corrected chi connectivity index (χ0v) is 20.2. The van der Waals surface area contributed by atoms with Gasteiger partial charge in [-0.25, -0.2) is 0 Å². The van der Waals surface area contributed by atoms with Crippen LogP contribution in [0.25, 0.3) is 10.9 Å². The smallest absolute Gasteiger partial charge is 0.268 e. The van der Waals surface area contributed by atoms with Crippen molar-refractivity contribution in [2.24, 2.45) is 17.6 Å². The monoisotopic (exact) mass is 503 g/mol. The van der Waals surface area contributed by atoms with Gasteiger partial charge in [-0.15, -0.1) is 0 Å². The SMILES string of the molecule is COc1ccc(Cl)c2[nH]c(C(=O)NC(CC3CC3)C(=O)NC(CC3CCCNC3=O)C(N)=O)cc12. The van der Waals surface area contributed by atoms with E-state index in [1.807, 2.05) is 0 Å². The standard InChI is InChI=1S/C24H30ClN5O5/c1-35-19-7-6-15(25)20-14(19)11-18(28-20)24(34)30-17(9-12-4-5-12)23(33)29-16(21(26)31)10-13-3-2-8-27-22(13)32/h6-7,11-13,16-17,28H,2-5,8-10H2,1H3,(H2,26,31)(H,27,32)(H,29,33)(H,30,34). The number of piperidine rings is 1. The molecule has 1 aromatic carbocycles. The van der Waals surface area contributed by atoms with Crippen LogP contribution in [0.5, 0.6) is 5.75 Å². The van der Waals surface area contributed by atoms with Crippen molar-refractivity contribution < 1.29 is 23.9 Å². The molecule has 1 aliphatic carbocycles. The fraction of sp³-hybridized carbons (Fsp3) is 0.500. The Bertz CT molecular complexity index is 1140. The van der Waals surface area contributed by atoms with Crippen LogP contribution in [0.3, 0.4) is 0 Å². The number of aromatic nitrogens is 1. The number of carbonyl (C=O) groups excluding carboxylic acids is 4. The Kier molecular flexibility index (Phi) is 7.49. The predicted octanol–water partition coefficient (Wildman–Crippen LogP) is 1.61. The van der Waals surface area contributed by atoms with E-state index in [2.05, 4.69) is 20.9 Å². The summed E-state index contributed by atoms with van der Waals surface area (Å²) >= 11 is 6.26. The Morgan fingerprint density at radius 3 is 2.60 bits per heavy atom. The predicted molar refractivity (Wildman–Crippen MR) is 130 cm³/mol. The summed E-state index contributed by atoms with van der Waals surface area (Å²) in [6.45, 7) is 0.600. The van der Waals surface area contributed by atoms with Crippen LogP contribution in [0.1, 0.15) is 49.0 Å².